The summed E-state index contributed by atoms with van der Waals surface area (Å²) in [6.45, 7) is 1.77. The fourth-order valence-corrected chi connectivity index (χ4v) is 1.97. The Labute approximate surface area is 116 Å². The van der Waals surface area contributed by atoms with Crippen molar-refractivity contribution in [3.05, 3.63) is 56.5 Å². The molecule has 94 valence electrons. The molecular formula is C12H8BrClF2N2. The van der Waals surface area contributed by atoms with Gasteiger partial charge >= 0.3 is 0 Å². The van der Waals surface area contributed by atoms with E-state index >= 15 is 0 Å². The van der Waals surface area contributed by atoms with E-state index in [1.54, 1.807) is 6.92 Å². The van der Waals surface area contributed by atoms with Gasteiger partial charge in [-0.25, -0.2) is 18.7 Å². The number of hydrogen-bond donors (Lipinski definition) is 0. The first-order valence-corrected chi connectivity index (χ1v) is 6.26. The van der Waals surface area contributed by atoms with Crippen molar-refractivity contribution < 1.29 is 8.78 Å². The first-order chi connectivity index (χ1) is 8.45. The Bertz CT molecular complexity index is 561. The normalized spacial score (nSPS) is 10.7. The standard InChI is InChI=1S/C12H8BrClF2N2/c1-6-11(13)12(14)18-10(17-6)4-7-2-8(15)5-9(16)3-7/h2-3,5H,4H2,1H3. The monoisotopic (exact) mass is 332 g/mol. The van der Waals surface area contributed by atoms with Crippen LogP contribution in [0.1, 0.15) is 17.1 Å². The minimum Gasteiger partial charge on any atom is -0.237 e. The van der Waals surface area contributed by atoms with Gasteiger partial charge in [-0.1, -0.05) is 11.6 Å². The molecule has 0 aliphatic rings. The van der Waals surface area contributed by atoms with E-state index in [9.17, 15) is 8.78 Å². The first-order valence-electron chi connectivity index (χ1n) is 5.09. The van der Waals surface area contributed by atoms with Gasteiger partial charge < -0.3 is 0 Å². The first kappa shape index (κ1) is 13.4. The van der Waals surface area contributed by atoms with Crippen molar-refractivity contribution in [3.8, 4) is 0 Å². The van der Waals surface area contributed by atoms with Crippen LogP contribution in [-0.4, -0.2) is 9.97 Å². The van der Waals surface area contributed by atoms with Crippen molar-refractivity contribution in [2.24, 2.45) is 0 Å². The summed E-state index contributed by atoms with van der Waals surface area (Å²) in [5.74, 6) is -0.819. The number of rotatable bonds is 2. The molecule has 0 saturated heterocycles. The number of benzene rings is 1. The number of hydrogen-bond acceptors (Lipinski definition) is 2. The summed E-state index contributed by atoms with van der Waals surface area (Å²) >= 11 is 9.15. The van der Waals surface area contributed by atoms with Gasteiger partial charge in [-0.2, -0.15) is 0 Å². The number of halogens is 4. The molecule has 2 rings (SSSR count). The van der Waals surface area contributed by atoms with Crippen LogP contribution in [0.3, 0.4) is 0 Å². The average molecular weight is 334 g/mol. The van der Waals surface area contributed by atoms with Gasteiger partial charge in [0.05, 0.1) is 10.2 Å². The summed E-state index contributed by atoms with van der Waals surface area (Å²) in [4.78, 5) is 8.25. The number of aryl methyl sites for hydroxylation is 1. The molecule has 0 amide bonds. The van der Waals surface area contributed by atoms with Gasteiger partial charge in [0, 0.05) is 12.5 Å². The summed E-state index contributed by atoms with van der Waals surface area (Å²) < 4.78 is 26.7. The van der Waals surface area contributed by atoms with Crippen LogP contribution in [0.2, 0.25) is 5.15 Å². The molecule has 1 heterocycles. The van der Waals surface area contributed by atoms with Crippen molar-refractivity contribution >= 4 is 27.5 Å². The predicted molar refractivity (Wildman–Crippen MR) is 68.6 cm³/mol. The van der Waals surface area contributed by atoms with E-state index in [-0.39, 0.29) is 11.6 Å². The molecular weight excluding hydrogens is 325 g/mol. The molecule has 2 aromatic rings. The van der Waals surface area contributed by atoms with Crippen LogP contribution in [0.5, 0.6) is 0 Å². The molecule has 0 aliphatic heterocycles. The average Bonchev–Trinajstić information content (AvgIpc) is 2.24. The van der Waals surface area contributed by atoms with Crippen LogP contribution < -0.4 is 0 Å². The number of aromatic nitrogens is 2. The highest BCUT2D eigenvalue weighted by atomic mass is 79.9. The van der Waals surface area contributed by atoms with E-state index in [2.05, 4.69) is 25.9 Å². The smallest absolute Gasteiger partial charge is 0.147 e. The predicted octanol–water partition coefficient (Wildman–Crippen LogP) is 4.07. The van der Waals surface area contributed by atoms with Gasteiger partial charge in [0.25, 0.3) is 0 Å². The Morgan fingerprint density at radius 2 is 1.78 bits per heavy atom. The lowest BCUT2D eigenvalue weighted by molar-refractivity contribution is 0.580. The summed E-state index contributed by atoms with van der Waals surface area (Å²) in [7, 11) is 0. The van der Waals surface area contributed by atoms with Crippen LogP contribution in [0.15, 0.2) is 22.7 Å². The van der Waals surface area contributed by atoms with Gasteiger partial charge in [0.15, 0.2) is 0 Å². The van der Waals surface area contributed by atoms with E-state index in [1.807, 2.05) is 0 Å². The molecule has 0 fully saturated rings. The van der Waals surface area contributed by atoms with E-state index < -0.39 is 11.6 Å². The zero-order chi connectivity index (χ0) is 13.3. The van der Waals surface area contributed by atoms with Gasteiger partial charge in [-0.05, 0) is 40.5 Å². The lowest BCUT2D eigenvalue weighted by atomic mass is 10.1. The van der Waals surface area contributed by atoms with Gasteiger partial charge in [0.2, 0.25) is 0 Å². The Morgan fingerprint density at radius 3 is 2.33 bits per heavy atom. The Hall–Kier alpha value is -1.07. The molecule has 18 heavy (non-hydrogen) atoms. The maximum atomic E-state index is 13.0. The lowest BCUT2D eigenvalue weighted by Gasteiger charge is -2.05. The third-order valence-electron chi connectivity index (χ3n) is 2.31. The van der Waals surface area contributed by atoms with Crippen LogP contribution in [-0.2, 0) is 6.42 Å². The molecule has 0 atom stereocenters. The molecule has 0 unspecified atom stereocenters. The van der Waals surface area contributed by atoms with Gasteiger partial charge in [-0.15, -0.1) is 0 Å². The third-order valence-corrected chi connectivity index (χ3v) is 3.76. The second-order valence-corrected chi connectivity index (χ2v) is 4.94. The SMILES string of the molecule is Cc1nc(Cc2cc(F)cc(F)c2)nc(Cl)c1Br. The highest BCUT2D eigenvalue weighted by Gasteiger charge is 2.09. The minimum atomic E-state index is -0.620. The highest BCUT2D eigenvalue weighted by Crippen LogP contribution is 2.23. The van der Waals surface area contributed by atoms with E-state index in [0.29, 0.717) is 21.6 Å². The Morgan fingerprint density at radius 1 is 1.17 bits per heavy atom. The third kappa shape index (κ3) is 3.03. The number of nitrogens with zero attached hydrogens (tertiary/aromatic N) is 2. The highest BCUT2D eigenvalue weighted by molar-refractivity contribution is 9.10. The largest absolute Gasteiger partial charge is 0.237 e. The zero-order valence-electron chi connectivity index (χ0n) is 9.35. The van der Waals surface area contributed by atoms with E-state index in [1.165, 1.54) is 12.1 Å². The zero-order valence-corrected chi connectivity index (χ0v) is 11.7. The van der Waals surface area contributed by atoms with Crippen LogP contribution in [0, 0.1) is 18.6 Å². The summed E-state index contributed by atoms with van der Waals surface area (Å²) in [5.41, 5.74) is 1.15. The maximum Gasteiger partial charge on any atom is 0.147 e. The molecule has 0 bridgehead atoms. The van der Waals surface area contributed by atoms with Gasteiger partial charge in [0.1, 0.15) is 22.6 Å². The summed E-state index contributed by atoms with van der Waals surface area (Å²) in [6, 6.07) is 3.32. The van der Waals surface area contributed by atoms with Crippen molar-refractivity contribution in [2.45, 2.75) is 13.3 Å². The van der Waals surface area contributed by atoms with Crippen molar-refractivity contribution in [1.82, 2.24) is 9.97 Å². The van der Waals surface area contributed by atoms with Crippen LogP contribution in [0.4, 0.5) is 8.78 Å². The molecule has 6 heteroatoms. The quantitative estimate of drug-likeness (QED) is 0.774. The second kappa shape index (κ2) is 5.28. The molecule has 0 radical (unpaired) electrons. The van der Waals surface area contributed by atoms with E-state index in [0.717, 1.165) is 6.07 Å². The second-order valence-electron chi connectivity index (χ2n) is 3.78. The van der Waals surface area contributed by atoms with E-state index in [4.69, 9.17) is 11.6 Å². The molecule has 0 saturated carbocycles. The fraction of sp³-hybridized carbons (Fsp3) is 0.167. The molecule has 0 N–H and O–H groups in total. The molecule has 2 nitrogen and oxygen atoms in total. The lowest BCUT2D eigenvalue weighted by Crippen LogP contribution is -2.01. The Balaban J connectivity index is 2.34. The van der Waals surface area contributed by atoms with Gasteiger partial charge in [-0.3, -0.25) is 0 Å². The minimum absolute atomic E-state index is 0.225. The van der Waals surface area contributed by atoms with Crippen molar-refractivity contribution in [3.63, 3.8) is 0 Å². The summed E-state index contributed by atoms with van der Waals surface area (Å²) in [6.07, 6.45) is 0.225. The maximum absolute atomic E-state index is 13.0. The molecule has 0 spiro atoms. The van der Waals surface area contributed by atoms with Crippen molar-refractivity contribution in [1.29, 1.82) is 0 Å². The summed E-state index contributed by atoms with van der Waals surface area (Å²) in [5, 5.41) is 0.286. The van der Waals surface area contributed by atoms with Crippen LogP contribution in [0.25, 0.3) is 0 Å². The topological polar surface area (TPSA) is 25.8 Å². The fourth-order valence-electron chi connectivity index (χ4n) is 1.55. The molecule has 1 aromatic heterocycles. The molecule has 1 aromatic carbocycles. The van der Waals surface area contributed by atoms with Crippen molar-refractivity contribution in [2.75, 3.05) is 0 Å². The van der Waals surface area contributed by atoms with Crippen LogP contribution >= 0.6 is 27.5 Å². The Kier molecular flexibility index (Phi) is 3.92. The molecule has 0 aliphatic carbocycles.